The largest absolute Gasteiger partial charge is 0.496 e. The van der Waals surface area contributed by atoms with Crippen LogP contribution >= 0.6 is 0 Å². The number of esters is 1. The lowest BCUT2D eigenvalue weighted by Crippen LogP contribution is -2.23. The van der Waals surface area contributed by atoms with Crippen LogP contribution in [0.4, 0.5) is 0 Å². The van der Waals surface area contributed by atoms with Gasteiger partial charge in [-0.3, -0.25) is 0 Å². The van der Waals surface area contributed by atoms with E-state index in [1.165, 1.54) is 5.57 Å². The van der Waals surface area contributed by atoms with Gasteiger partial charge in [0.25, 0.3) is 0 Å². The van der Waals surface area contributed by atoms with Crippen LogP contribution in [-0.2, 0) is 22.6 Å². The maximum absolute atomic E-state index is 12.5. The number of carbonyl (C=O) groups is 2. The zero-order chi connectivity index (χ0) is 23.0. The van der Waals surface area contributed by atoms with Crippen molar-refractivity contribution < 1.29 is 23.8 Å². The van der Waals surface area contributed by atoms with Crippen LogP contribution in [0, 0.1) is 6.92 Å². The Bertz CT molecular complexity index is 826. The summed E-state index contributed by atoms with van der Waals surface area (Å²) in [6, 6.07) is 1.01. The fourth-order valence-corrected chi connectivity index (χ4v) is 4.29. The van der Waals surface area contributed by atoms with Crippen LogP contribution in [0.3, 0.4) is 0 Å². The number of nitrogens with one attached hydrogen (secondary N) is 1. The SMILES string of the molecule is COc1c(C)c2c(c(OCC[Si](C)(C)C)c1C/C=C(\C)CNCCCC=O)C(=O)OC2. The van der Waals surface area contributed by atoms with E-state index in [4.69, 9.17) is 14.2 Å². The zero-order valence-electron chi connectivity index (χ0n) is 19.9. The van der Waals surface area contributed by atoms with Crippen molar-refractivity contribution in [3.8, 4) is 11.5 Å². The number of benzene rings is 1. The topological polar surface area (TPSA) is 73.9 Å². The molecular formula is C24H37NO5Si. The molecule has 0 radical (unpaired) electrons. The van der Waals surface area contributed by atoms with Crippen LogP contribution in [0.1, 0.15) is 46.8 Å². The van der Waals surface area contributed by atoms with Crippen molar-refractivity contribution in [3.05, 3.63) is 33.9 Å². The van der Waals surface area contributed by atoms with E-state index in [-0.39, 0.29) is 12.6 Å². The second-order valence-corrected chi connectivity index (χ2v) is 14.9. The molecule has 0 unspecified atom stereocenters. The van der Waals surface area contributed by atoms with E-state index in [9.17, 15) is 9.59 Å². The standard InChI is InChI=1S/C24H37NO5Si/c1-17(15-25-11-7-8-12-26)9-10-19-22(28-3)18(2)20-16-30-24(27)21(20)23(19)29-13-14-31(4,5)6/h9,12,25H,7-8,10-11,13-16H2,1-6H3/b17-9+. The molecule has 31 heavy (non-hydrogen) atoms. The van der Waals surface area contributed by atoms with E-state index in [1.54, 1.807) is 7.11 Å². The molecule has 1 aromatic rings. The van der Waals surface area contributed by atoms with Crippen LogP contribution < -0.4 is 14.8 Å². The predicted octanol–water partition coefficient (Wildman–Crippen LogP) is 4.45. The summed E-state index contributed by atoms with van der Waals surface area (Å²) in [7, 11) is 0.380. The van der Waals surface area contributed by atoms with Gasteiger partial charge in [0.2, 0.25) is 0 Å². The van der Waals surface area contributed by atoms with E-state index >= 15 is 0 Å². The van der Waals surface area contributed by atoms with E-state index in [2.05, 4.69) is 38.0 Å². The second kappa shape index (κ2) is 11.5. The first kappa shape index (κ1) is 25.1. The number of hydrogen-bond donors (Lipinski definition) is 1. The summed E-state index contributed by atoms with van der Waals surface area (Å²) in [4.78, 5) is 23.0. The lowest BCUT2D eigenvalue weighted by atomic mass is 9.95. The van der Waals surface area contributed by atoms with Gasteiger partial charge < -0.3 is 24.3 Å². The van der Waals surface area contributed by atoms with Crippen molar-refractivity contribution in [2.24, 2.45) is 0 Å². The number of rotatable bonds is 13. The Morgan fingerprint density at radius 1 is 1.26 bits per heavy atom. The lowest BCUT2D eigenvalue weighted by molar-refractivity contribution is -0.107. The van der Waals surface area contributed by atoms with Crippen molar-refractivity contribution in [3.63, 3.8) is 0 Å². The molecule has 0 atom stereocenters. The smallest absolute Gasteiger partial charge is 0.342 e. The van der Waals surface area contributed by atoms with Gasteiger partial charge in [-0.15, -0.1) is 0 Å². The Morgan fingerprint density at radius 2 is 2.00 bits per heavy atom. The molecule has 1 aliphatic heterocycles. The molecule has 0 aliphatic carbocycles. The monoisotopic (exact) mass is 447 g/mol. The van der Waals surface area contributed by atoms with E-state index < -0.39 is 8.07 Å². The van der Waals surface area contributed by atoms with E-state index in [0.29, 0.717) is 30.8 Å². The third-order valence-corrected chi connectivity index (χ3v) is 7.16. The molecule has 0 bridgehead atoms. The number of allylic oxidation sites excluding steroid dienone is 1. The van der Waals surface area contributed by atoms with Gasteiger partial charge >= 0.3 is 5.97 Å². The van der Waals surface area contributed by atoms with Crippen molar-refractivity contribution in [1.82, 2.24) is 5.32 Å². The number of aldehydes is 1. The summed E-state index contributed by atoms with van der Waals surface area (Å²) in [5, 5.41) is 3.35. The Morgan fingerprint density at radius 3 is 2.65 bits per heavy atom. The lowest BCUT2D eigenvalue weighted by Gasteiger charge is -2.21. The predicted molar refractivity (Wildman–Crippen MR) is 126 cm³/mol. The second-order valence-electron chi connectivity index (χ2n) is 9.30. The summed E-state index contributed by atoms with van der Waals surface area (Å²) < 4.78 is 17.4. The molecule has 1 N–H and O–H groups in total. The van der Waals surface area contributed by atoms with Crippen molar-refractivity contribution in [2.75, 3.05) is 26.8 Å². The van der Waals surface area contributed by atoms with Gasteiger partial charge in [-0.05, 0) is 44.8 Å². The van der Waals surface area contributed by atoms with Gasteiger partial charge in [-0.1, -0.05) is 31.3 Å². The number of hydrogen-bond acceptors (Lipinski definition) is 6. The maximum atomic E-state index is 12.5. The van der Waals surface area contributed by atoms with Crippen LogP contribution in [0.5, 0.6) is 11.5 Å². The molecule has 6 nitrogen and oxygen atoms in total. The number of methoxy groups -OCH3 is 1. The molecule has 0 spiro atoms. The van der Waals surface area contributed by atoms with Crippen LogP contribution in [-0.4, -0.2) is 47.1 Å². The van der Waals surface area contributed by atoms with Gasteiger partial charge in [0.1, 0.15) is 30.0 Å². The Balaban J connectivity index is 2.29. The average molecular weight is 448 g/mol. The fraction of sp³-hybridized carbons (Fsp3) is 0.583. The Labute approximate surface area is 187 Å². The average Bonchev–Trinajstić information content (AvgIpc) is 3.09. The molecule has 172 valence electrons. The normalized spacial score (nSPS) is 13.7. The number of ether oxygens (including phenoxy) is 3. The highest BCUT2D eigenvalue weighted by molar-refractivity contribution is 6.76. The molecule has 0 amide bonds. The summed E-state index contributed by atoms with van der Waals surface area (Å²) >= 11 is 0. The summed E-state index contributed by atoms with van der Waals surface area (Å²) in [6.45, 7) is 13.4. The molecule has 0 aromatic heterocycles. The van der Waals surface area contributed by atoms with Gasteiger partial charge in [-0.2, -0.15) is 0 Å². The van der Waals surface area contributed by atoms with Gasteiger partial charge in [0, 0.05) is 32.2 Å². The minimum Gasteiger partial charge on any atom is -0.496 e. The zero-order valence-corrected chi connectivity index (χ0v) is 20.9. The van der Waals surface area contributed by atoms with Gasteiger partial charge in [0.15, 0.2) is 0 Å². The molecule has 7 heteroatoms. The molecular weight excluding hydrogens is 410 g/mol. The number of fused-ring (bicyclic) bond motifs is 1. The first-order valence-electron chi connectivity index (χ1n) is 11.0. The first-order valence-corrected chi connectivity index (χ1v) is 14.7. The van der Waals surface area contributed by atoms with Crippen molar-refractivity contribution in [1.29, 1.82) is 0 Å². The number of cyclic esters (lactones) is 1. The molecule has 1 heterocycles. The molecule has 2 rings (SSSR count). The quantitative estimate of drug-likeness (QED) is 0.158. The van der Waals surface area contributed by atoms with Crippen molar-refractivity contribution >= 4 is 20.3 Å². The number of unbranched alkanes of at least 4 members (excludes halogenated alkanes) is 1. The molecule has 0 saturated heterocycles. The summed E-state index contributed by atoms with van der Waals surface area (Å²) in [5.74, 6) is 1.06. The minimum absolute atomic E-state index is 0.264. The highest BCUT2D eigenvalue weighted by atomic mass is 28.3. The Hall–Kier alpha value is -2.12. The molecule has 1 aromatic carbocycles. The minimum atomic E-state index is -1.28. The van der Waals surface area contributed by atoms with Crippen molar-refractivity contribution in [2.45, 2.75) is 65.4 Å². The number of carbonyl (C=O) groups excluding carboxylic acids is 2. The van der Waals surface area contributed by atoms with Crippen LogP contribution in [0.25, 0.3) is 0 Å². The summed E-state index contributed by atoms with van der Waals surface area (Å²) in [6.07, 6.45) is 5.11. The molecule has 0 fully saturated rings. The first-order chi connectivity index (χ1) is 14.7. The van der Waals surface area contributed by atoms with Crippen LogP contribution in [0.2, 0.25) is 25.7 Å². The highest BCUT2D eigenvalue weighted by Gasteiger charge is 2.33. The van der Waals surface area contributed by atoms with E-state index in [0.717, 1.165) is 54.3 Å². The fourth-order valence-electron chi connectivity index (χ4n) is 3.57. The van der Waals surface area contributed by atoms with E-state index in [1.807, 2.05) is 6.92 Å². The van der Waals surface area contributed by atoms with Crippen LogP contribution in [0.15, 0.2) is 11.6 Å². The maximum Gasteiger partial charge on any atom is 0.342 e. The third-order valence-electron chi connectivity index (χ3n) is 5.46. The Kier molecular flexibility index (Phi) is 9.31. The highest BCUT2D eigenvalue weighted by Crippen LogP contribution is 2.43. The molecule has 0 saturated carbocycles. The summed E-state index contributed by atoms with van der Waals surface area (Å²) in [5.41, 5.74) is 4.44. The molecule has 1 aliphatic rings. The third kappa shape index (κ3) is 6.94. The van der Waals surface area contributed by atoms with Gasteiger partial charge in [-0.25, -0.2) is 4.79 Å². The van der Waals surface area contributed by atoms with Gasteiger partial charge in [0.05, 0.1) is 13.7 Å².